The molecule has 0 radical (unpaired) electrons. The number of thioether (sulfide) groups is 1. The standard InChI is InChI=1S/C16H21BrN2OS/c17-12-1-5-15(6-2-12)21-11-16(20)18-13-7-9-19(10-8-13)14-3-4-14/h1-2,5-6,13-14H,3-4,7-11H2,(H,18,20). The largest absolute Gasteiger partial charge is 0.353 e. The third kappa shape index (κ3) is 4.73. The van der Waals surface area contributed by atoms with Crippen molar-refractivity contribution in [2.24, 2.45) is 0 Å². The minimum atomic E-state index is 0.160. The molecule has 1 aromatic rings. The van der Waals surface area contributed by atoms with Crippen molar-refractivity contribution in [3.05, 3.63) is 28.7 Å². The number of nitrogens with one attached hydrogen (secondary N) is 1. The maximum Gasteiger partial charge on any atom is 0.230 e. The van der Waals surface area contributed by atoms with E-state index in [1.165, 1.54) is 12.8 Å². The molecule has 21 heavy (non-hydrogen) atoms. The van der Waals surface area contributed by atoms with E-state index < -0.39 is 0 Å². The SMILES string of the molecule is O=C(CSc1ccc(Br)cc1)NC1CCN(C2CC2)CC1. The second-order valence-electron chi connectivity index (χ2n) is 5.85. The van der Waals surface area contributed by atoms with Crippen LogP contribution in [0.25, 0.3) is 0 Å². The Morgan fingerprint density at radius 1 is 1.19 bits per heavy atom. The topological polar surface area (TPSA) is 32.3 Å². The van der Waals surface area contributed by atoms with E-state index in [1.807, 2.05) is 24.3 Å². The lowest BCUT2D eigenvalue weighted by atomic mass is 10.1. The first-order chi connectivity index (χ1) is 10.2. The molecule has 1 N–H and O–H groups in total. The van der Waals surface area contributed by atoms with Crippen molar-refractivity contribution in [3.8, 4) is 0 Å². The first-order valence-corrected chi connectivity index (χ1v) is 9.40. The van der Waals surface area contributed by atoms with Gasteiger partial charge >= 0.3 is 0 Å². The molecule has 1 saturated carbocycles. The summed E-state index contributed by atoms with van der Waals surface area (Å²) in [5.74, 6) is 0.664. The zero-order valence-corrected chi connectivity index (χ0v) is 14.5. The number of hydrogen-bond donors (Lipinski definition) is 1. The number of carbonyl (C=O) groups is 1. The van der Waals surface area contributed by atoms with Gasteiger partial charge in [0.15, 0.2) is 0 Å². The van der Waals surface area contributed by atoms with E-state index >= 15 is 0 Å². The van der Waals surface area contributed by atoms with Crippen molar-refractivity contribution < 1.29 is 4.79 Å². The molecular weight excluding hydrogens is 348 g/mol. The van der Waals surface area contributed by atoms with Crippen molar-refractivity contribution in [2.75, 3.05) is 18.8 Å². The first kappa shape index (κ1) is 15.4. The van der Waals surface area contributed by atoms with E-state index in [2.05, 4.69) is 26.1 Å². The maximum atomic E-state index is 12.0. The predicted molar refractivity (Wildman–Crippen MR) is 90.6 cm³/mol. The molecule has 5 heteroatoms. The molecule has 0 aromatic heterocycles. The number of benzene rings is 1. The fourth-order valence-corrected chi connectivity index (χ4v) is 3.77. The van der Waals surface area contributed by atoms with Gasteiger partial charge in [0.2, 0.25) is 5.91 Å². The third-order valence-electron chi connectivity index (χ3n) is 4.14. The minimum absolute atomic E-state index is 0.160. The van der Waals surface area contributed by atoms with Crippen LogP contribution in [0.1, 0.15) is 25.7 Å². The van der Waals surface area contributed by atoms with Crippen LogP contribution in [0.15, 0.2) is 33.6 Å². The minimum Gasteiger partial charge on any atom is -0.353 e. The molecule has 1 aliphatic carbocycles. The molecule has 2 aliphatic rings. The first-order valence-electron chi connectivity index (χ1n) is 7.62. The zero-order chi connectivity index (χ0) is 14.7. The zero-order valence-electron chi connectivity index (χ0n) is 12.1. The summed E-state index contributed by atoms with van der Waals surface area (Å²) in [7, 11) is 0. The molecule has 3 rings (SSSR count). The van der Waals surface area contributed by atoms with E-state index in [4.69, 9.17) is 0 Å². The lowest BCUT2D eigenvalue weighted by molar-refractivity contribution is -0.119. The van der Waals surface area contributed by atoms with Gasteiger partial charge in [0.05, 0.1) is 5.75 Å². The average molecular weight is 369 g/mol. The second-order valence-corrected chi connectivity index (χ2v) is 7.82. The molecule has 114 valence electrons. The molecule has 0 atom stereocenters. The van der Waals surface area contributed by atoms with Crippen LogP contribution in [-0.2, 0) is 4.79 Å². The summed E-state index contributed by atoms with van der Waals surface area (Å²) in [4.78, 5) is 15.7. The highest BCUT2D eigenvalue weighted by Crippen LogP contribution is 2.29. The Bertz CT molecular complexity index is 482. The Morgan fingerprint density at radius 3 is 2.48 bits per heavy atom. The molecule has 1 aliphatic heterocycles. The summed E-state index contributed by atoms with van der Waals surface area (Å²) in [6.07, 6.45) is 4.96. The molecular formula is C16H21BrN2OS. The van der Waals surface area contributed by atoms with Crippen LogP contribution < -0.4 is 5.32 Å². The number of likely N-dealkylation sites (tertiary alicyclic amines) is 1. The summed E-state index contributed by atoms with van der Waals surface area (Å²) >= 11 is 5.02. The van der Waals surface area contributed by atoms with Crippen LogP contribution in [0.2, 0.25) is 0 Å². The number of carbonyl (C=O) groups excluding carboxylic acids is 1. The van der Waals surface area contributed by atoms with Crippen LogP contribution in [0, 0.1) is 0 Å². The van der Waals surface area contributed by atoms with Gasteiger partial charge in [0, 0.05) is 34.5 Å². The fourth-order valence-electron chi connectivity index (χ4n) is 2.80. The van der Waals surface area contributed by atoms with Gasteiger partial charge in [-0.3, -0.25) is 4.79 Å². The average Bonchev–Trinajstić information content (AvgIpc) is 3.32. The van der Waals surface area contributed by atoms with Crippen molar-refractivity contribution in [2.45, 2.75) is 42.7 Å². The van der Waals surface area contributed by atoms with Gasteiger partial charge in [0.25, 0.3) is 0 Å². The molecule has 0 spiro atoms. The molecule has 1 heterocycles. The van der Waals surface area contributed by atoms with E-state index in [1.54, 1.807) is 11.8 Å². The molecule has 0 unspecified atom stereocenters. The van der Waals surface area contributed by atoms with Gasteiger partial charge in [-0.2, -0.15) is 0 Å². The van der Waals surface area contributed by atoms with E-state index in [9.17, 15) is 4.79 Å². The quantitative estimate of drug-likeness (QED) is 0.809. The summed E-state index contributed by atoms with van der Waals surface area (Å²) in [6.45, 7) is 2.30. The van der Waals surface area contributed by atoms with Crippen molar-refractivity contribution in [1.82, 2.24) is 10.2 Å². The Morgan fingerprint density at radius 2 is 1.86 bits per heavy atom. The molecule has 0 bridgehead atoms. The summed E-state index contributed by atoms with van der Waals surface area (Å²) < 4.78 is 1.07. The highest BCUT2D eigenvalue weighted by Gasteiger charge is 2.31. The van der Waals surface area contributed by atoms with Crippen LogP contribution in [-0.4, -0.2) is 41.7 Å². The Kier molecular flexibility index (Phi) is 5.24. The number of piperidine rings is 1. The second kappa shape index (κ2) is 7.16. The number of rotatable bonds is 5. The lowest BCUT2D eigenvalue weighted by Gasteiger charge is -2.32. The van der Waals surface area contributed by atoms with Crippen LogP contribution in [0.5, 0.6) is 0 Å². The van der Waals surface area contributed by atoms with Crippen molar-refractivity contribution in [1.29, 1.82) is 0 Å². The predicted octanol–water partition coefficient (Wildman–Crippen LogP) is 3.28. The molecule has 2 fully saturated rings. The fraction of sp³-hybridized carbons (Fsp3) is 0.562. The van der Waals surface area contributed by atoms with Crippen molar-refractivity contribution in [3.63, 3.8) is 0 Å². The molecule has 1 aromatic carbocycles. The number of nitrogens with zero attached hydrogens (tertiary/aromatic N) is 1. The highest BCUT2D eigenvalue weighted by atomic mass is 79.9. The van der Waals surface area contributed by atoms with Gasteiger partial charge in [0.1, 0.15) is 0 Å². The van der Waals surface area contributed by atoms with E-state index in [-0.39, 0.29) is 5.91 Å². The van der Waals surface area contributed by atoms with Gasteiger partial charge in [-0.1, -0.05) is 15.9 Å². The lowest BCUT2D eigenvalue weighted by Crippen LogP contribution is -2.45. The van der Waals surface area contributed by atoms with Crippen LogP contribution in [0.4, 0.5) is 0 Å². The molecule has 1 saturated heterocycles. The van der Waals surface area contributed by atoms with Gasteiger partial charge in [-0.15, -0.1) is 11.8 Å². The summed E-state index contributed by atoms with van der Waals surface area (Å²) in [5, 5.41) is 3.18. The Balaban J connectivity index is 1.37. The number of amides is 1. The molecule has 3 nitrogen and oxygen atoms in total. The van der Waals surface area contributed by atoms with Crippen LogP contribution in [0.3, 0.4) is 0 Å². The summed E-state index contributed by atoms with van der Waals surface area (Å²) in [6, 6.07) is 9.32. The third-order valence-corrected chi connectivity index (χ3v) is 5.68. The summed E-state index contributed by atoms with van der Waals surface area (Å²) in [5.41, 5.74) is 0. The number of hydrogen-bond acceptors (Lipinski definition) is 3. The van der Waals surface area contributed by atoms with Gasteiger partial charge in [-0.25, -0.2) is 0 Å². The van der Waals surface area contributed by atoms with Gasteiger partial charge < -0.3 is 10.2 Å². The monoisotopic (exact) mass is 368 g/mol. The van der Waals surface area contributed by atoms with E-state index in [0.717, 1.165) is 41.3 Å². The van der Waals surface area contributed by atoms with E-state index in [0.29, 0.717) is 11.8 Å². The van der Waals surface area contributed by atoms with Crippen molar-refractivity contribution >= 4 is 33.6 Å². The Hall–Kier alpha value is -0.520. The van der Waals surface area contributed by atoms with Gasteiger partial charge in [-0.05, 0) is 49.9 Å². The normalized spacial score (nSPS) is 20.4. The smallest absolute Gasteiger partial charge is 0.230 e. The van der Waals surface area contributed by atoms with Crippen LogP contribution >= 0.6 is 27.7 Å². The Labute approximate surface area is 139 Å². The highest BCUT2D eigenvalue weighted by molar-refractivity contribution is 9.10. The number of halogens is 1. The maximum absolute atomic E-state index is 12.0. The molecule has 1 amide bonds.